The molecule has 1 aliphatic rings. The molecule has 1 aromatic heterocycles. The lowest BCUT2D eigenvalue weighted by Crippen LogP contribution is -2.16. The van der Waals surface area contributed by atoms with Gasteiger partial charge in [-0.1, -0.05) is 41.7 Å². The van der Waals surface area contributed by atoms with Crippen LogP contribution in [-0.2, 0) is 4.74 Å². The van der Waals surface area contributed by atoms with Crippen LogP contribution in [0.5, 0.6) is 0 Å². The molecule has 2 heterocycles. The minimum absolute atomic E-state index is 0.368. The molecule has 0 saturated carbocycles. The fourth-order valence-corrected chi connectivity index (χ4v) is 3.22. The van der Waals surface area contributed by atoms with Crippen LogP contribution in [0.25, 0.3) is 10.6 Å². The van der Waals surface area contributed by atoms with Crippen molar-refractivity contribution in [2.45, 2.75) is 18.8 Å². The number of nitrogen functional groups attached to an aromatic ring is 1. The van der Waals surface area contributed by atoms with E-state index >= 15 is 0 Å². The molecule has 0 radical (unpaired) electrons. The molecule has 1 aromatic carbocycles. The third-order valence-corrected chi connectivity index (χ3v) is 4.20. The molecule has 0 bridgehead atoms. The smallest absolute Gasteiger partial charge is 0.125 e. The van der Waals surface area contributed by atoms with Crippen LogP contribution >= 0.6 is 11.3 Å². The summed E-state index contributed by atoms with van der Waals surface area (Å²) < 4.78 is 5.52. The molecule has 0 amide bonds. The summed E-state index contributed by atoms with van der Waals surface area (Å²) in [6, 6.07) is 10.2. The first kappa shape index (κ1) is 11.7. The molecule has 18 heavy (non-hydrogen) atoms. The van der Waals surface area contributed by atoms with Crippen LogP contribution in [0.1, 0.15) is 24.5 Å². The van der Waals surface area contributed by atoms with Gasteiger partial charge in [-0.25, -0.2) is 4.98 Å². The van der Waals surface area contributed by atoms with E-state index in [0.717, 1.165) is 47.3 Å². The third-order valence-electron chi connectivity index (χ3n) is 3.25. The molecular formula is C14H16N2OS. The Kier molecular flexibility index (Phi) is 3.30. The second-order valence-corrected chi connectivity index (χ2v) is 5.58. The monoisotopic (exact) mass is 260 g/mol. The van der Waals surface area contributed by atoms with Crippen LogP contribution in [0, 0.1) is 0 Å². The van der Waals surface area contributed by atoms with Gasteiger partial charge in [0.2, 0.25) is 0 Å². The van der Waals surface area contributed by atoms with E-state index in [9.17, 15) is 0 Å². The summed E-state index contributed by atoms with van der Waals surface area (Å²) >= 11 is 1.57. The van der Waals surface area contributed by atoms with Crippen molar-refractivity contribution in [2.75, 3.05) is 18.9 Å². The molecule has 1 aliphatic heterocycles. The summed E-state index contributed by atoms with van der Waals surface area (Å²) in [5.74, 6) is 0.368. The summed E-state index contributed by atoms with van der Waals surface area (Å²) in [5, 5.41) is 1.85. The van der Waals surface area contributed by atoms with Gasteiger partial charge in [0, 0.05) is 18.1 Å². The van der Waals surface area contributed by atoms with Crippen molar-refractivity contribution < 1.29 is 4.74 Å². The van der Waals surface area contributed by atoms with E-state index in [1.807, 2.05) is 18.2 Å². The molecule has 0 spiro atoms. The molecule has 94 valence electrons. The Balaban J connectivity index is 1.91. The SMILES string of the molecule is Nc1sc(-c2ccccc2)nc1C1CCCOC1. The largest absolute Gasteiger partial charge is 0.389 e. The van der Waals surface area contributed by atoms with Crippen molar-refractivity contribution in [1.29, 1.82) is 0 Å². The van der Waals surface area contributed by atoms with Crippen LogP contribution in [0.15, 0.2) is 30.3 Å². The zero-order valence-corrected chi connectivity index (χ0v) is 11.0. The summed E-state index contributed by atoms with van der Waals surface area (Å²) in [6.07, 6.45) is 2.23. The highest BCUT2D eigenvalue weighted by atomic mass is 32.1. The minimum Gasteiger partial charge on any atom is -0.389 e. The van der Waals surface area contributed by atoms with Crippen LogP contribution in [-0.4, -0.2) is 18.2 Å². The number of hydrogen-bond donors (Lipinski definition) is 1. The van der Waals surface area contributed by atoms with Gasteiger partial charge in [-0.05, 0) is 12.8 Å². The minimum atomic E-state index is 0.368. The third kappa shape index (κ3) is 2.26. The van der Waals surface area contributed by atoms with Gasteiger partial charge in [0.15, 0.2) is 0 Å². The van der Waals surface area contributed by atoms with E-state index in [1.54, 1.807) is 11.3 Å². The molecule has 1 fully saturated rings. The second-order valence-electron chi connectivity index (χ2n) is 4.55. The van der Waals surface area contributed by atoms with Crippen molar-refractivity contribution >= 4 is 16.3 Å². The fourth-order valence-electron chi connectivity index (χ4n) is 2.30. The number of ether oxygens (including phenoxy) is 1. The number of nitrogens with zero attached hydrogens (tertiary/aromatic N) is 1. The predicted molar refractivity (Wildman–Crippen MR) is 74.8 cm³/mol. The number of anilines is 1. The van der Waals surface area contributed by atoms with Crippen LogP contribution in [0.2, 0.25) is 0 Å². The lowest BCUT2D eigenvalue weighted by atomic mass is 9.99. The van der Waals surface area contributed by atoms with Gasteiger partial charge in [0.05, 0.1) is 12.3 Å². The Morgan fingerprint density at radius 3 is 2.83 bits per heavy atom. The number of nitrogens with two attached hydrogens (primary N) is 1. The predicted octanol–water partition coefficient (Wildman–Crippen LogP) is 3.29. The highest BCUT2D eigenvalue weighted by molar-refractivity contribution is 7.18. The molecule has 4 heteroatoms. The number of benzene rings is 1. The highest BCUT2D eigenvalue weighted by Gasteiger charge is 2.22. The maximum Gasteiger partial charge on any atom is 0.125 e. The fraction of sp³-hybridized carbons (Fsp3) is 0.357. The first-order valence-electron chi connectivity index (χ1n) is 6.24. The molecule has 2 N–H and O–H groups in total. The quantitative estimate of drug-likeness (QED) is 0.901. The van der Waals surface area contributed by atoms with Crippen molar-refractivity contribution in [1.82, 2.24) is 4.98 Å². The molecule has 0 aliphatic carbocycles. The summed E-state index contributed by atoms with van der Waals surface area (Å²) in [5.41, 5.74) is 8.27. The standard InChI is InChI=1S/C14H16N2OS/c15-13-12(11-7-4-8-17-9-11)16-14(18-13)10-5-2-1-3-6-10/h1-3,5-6,11H,4,7-9,15H2. The topological polar surface area (TPSA) is 48.1 Å². The number of aromatic nitrogens is 1. The highest BCUT2D eigenvalue weighted by Crippen LogP contribution is 2.36. The first-order valence-corrected chi connectivity index (χ1v) is 7.05. The van der Waals surface area contributed by atoms with Crippen molar-refractivity contribution in [2.24, 2.45) is 0 Å². The molecule has 1 saturated heterocycles. The van der Waals surface area contributed by atoms with E-state index in [2.05, 4.69) is 12.1 Å². The number of rotatable bonds is 2. The normalized spacial score (nSPS) is 19.9. The second kappa shape index (κ2) is 5.08. The van der Waals surface area contributed by atoms with Gasteiger partial charge in [-0.15, -0.1) is 0 Å². The Bertz CT molecular complexity index is 518. The first-order chi connectivity index (χ1) is 8.84. The van der Waals surface area contributed by atoms with Crippen LogP contribution in [0.4, 0.5) is 5.00 Å². The molecular weight excluding hydrogens is 244 g/mol. The maximum absolute atomic E-state index is 6.11. The Labute approximate surface area is 111 Å². The Morgan fingerprint density at radius 2 is 2.11 bits per heavy atom. The summed E-state index contributed by atoms with van der Waals surface area (Å²) in [4.78, 5) is 4.72. The maximum atomic E-state index is 6.11. The van der Waals surface area contributed by atoms with Crippen molar-refractivity contribution in [3.8, 4) is 10.6 Å². The molecule has 2 aromatic rings. The zero-order chi connectivity index (χ0) is 12.4. The van der Waals surface area contributed by atoms with E-state index in [0.29, 0.717) is 5.92 Å². The average molecular weight is 260 g/mol. The lowest BCUT2D eigenvalue weighted by molar-refractivity contribution is 0.0797. The van der Waals surface area contributed by atoms with E-state index in [-0.39, 0.29) is 0 Å². The van der Waals surface area contributed by atoms with Gasteiger partial charge in [0.25, 0.3) is 0 Å². The van der Waals surface area contributed by atoms with Crippen molar-refractivity contribution in [3.63, 3.8) is 0 Å². The lowest BCUT2D eigenvalue weighted by Gasteiger charge is -2.20. The van der Waals surface area contributed by atoms with E-state index in [4.69, 9.17) is 15.5 Å². The summed E-state index contributed by atoms with van der Waals surface area (Å²) in [7, 11) is 0. The van der Waals surface area contributed by atoms with Gasteiger partial charge in [0.1, 0.15) is 10.0 Å². The molecule has 3 nitrogen and oxygen atoms in total. The number of thiazole rings is 1. The van der Waals surface area contributed by atoms with E-state index in [1.165, 1.54) is 0 Å². The number of hydrogen-bond acceptors (Lipinski definition) is 4. The van der Waals surface area contributed by atoms with Gasteiger partial charge in [-0.3, -0.25) is 0 Å². The molecule has 1 unspecified atom stereocenters. The van der Waals surface area contributed by atoms with Gasteiger partial charge < -0.3 is 10.5 Å². The van der Waals surface area contributed by atoms with E-state index < -0.39 is 0 Å². The van der Waals surface area contributed by atoms with Gasteiger partial charge in [-0.2, -0.15) is 0 Å². The zero-order valence-electron chi connectivity index (χ0n) is 10.1. The molecule has 1 atom stereocenters. The van der Waals surface area contributed by atoms with Crippen molar-refractivity contribution in [3.05, 3.63) is 36.0 Å². The Morgan fingerprint density at radius 1 is 1.28 bits per heavy atom. The Hall–Kier alpha value is -1.39. The van der Waals surface area contributed by atoms with Crippen LogP contribution in [0.3, 0.4) is 0 Å². The molecule has 3 rings (SSSR count). The summed E-state index contributed by atoms with van der Waals surface area (Å²) in [6.45, 7) is 1.62. The van der Waals surface area contributed by atoms with Crippen LogP contribution < -0.4 is 5.73 Å². The average Bonchev–Trinajstić information content (AvgIpc) is 2.83. The van der Waals surface area contributed by atoms with Gasteiger partial charge >= 0.3 is 0 Å².